The number of nitrogen functional groups attached to an aromatic ring is 1. The van der Waals surface area contributed by atoms with E-state index >= 15 is 0 Å². The van der Waals surface area contributed by atoms with E-state index in [2.05, 4.69) is 0 Å². The third kappa shape index (κ3) is 4.43. The van der Waals surface area contributed by atoms with Gasteiger partial charge in [0.25, 0.3) is 25.9 Å². The van der Waals surface area contributed by atoms with E-state index < -0.39 is 40.6 Å². The smallest absolute Gasteiger partial charge is 0.295 e. The highest BCUT2D eigenvalue weighted by molar-refractivity contribution is 7.86. The predicted octanol–water partition coefficient (Wildman–Crippen LogP) is 1.84. The molecule has 4 N–H and O–H groups in total. The lowest BCUT2D eigenvalue weighted by Crippen LogP contribution is -2.03. The fraction of sp³-hybridized carbons (Fsp3) is 0. The lowest BCUT2D eigenvalue weighted by atomic mass is 10.1. The lowest BCUT2D eigenvalue weighted by Gasteiger charge is -2.06. The maximum Gasteiger partial charge on any atom is 0.295 e. The van der Waals surface area contributed by atoms with Crippen molar-refractivity contribution in [2.45, 2.75) is 9.79 Å². The average molecular weight is 400 g/mol. The number of anilines is 1. The summed E-state index contributed by atoms with van der Waals surface area (Å²) in [5, 5.41) is 10.8. The van der Waals surface area contributed by atoms with Gasteiger partial charge in [-0.2, -0.15) is 16.8 Å². The Bertz CT molecular complexity index is 1120. The summed E-state index contributed by atoms with van der Waals surface area (Å²) in [6.07, 6.45) is 2.27. The minimum absolute atomic E-state index is 0.0126. The van der Waals surface area contributed by atoms with Crippen LogP contribution in [0.25, 0.3) is 12.2 Å². The number of nitro benzene ring substituents is 1. The lowest BCUT2D eigenvalue weighted by molar-refractivity contribution is -0.385. The van der Waals surface area contributed by atoms with Gasteiger partial charge >= 0.3 is 0 Å². The topological polar surface area (TPSA) is 178 Å². The largest absolute Gasteiger partial charge is 0.399 e. The summed E-state index contributed by atoms with van der Waals surface area (Å²) in [6, 6.07) is 6.39. The average Bonchev–Trinajstić information content (AvgIpc) is 2.51. The number of rotatable bonds is 5. The van der Waals surface area contributed by atoms with Crippen LogP contribution in [-0.2, 0) is 20.2 Å². The van der Waals surface area contributed by atoms with Crippen LogP contribution in [0.4, 0.5) is 11.4 Å². The van der Waals surface area contributed by atoms with Gasteiger partial charge in [0, 0.05) is 17.8 Å². The number of hydrogen-bond acceptors (Lipinski definition) is 7. The van der Waals surface area contributed by atoms with Gasteiger partial charge in [0.15, 0.2) is 0 Å². The number of non-ortho nitro benzene ring substituents is 1. The van der Waals surface area contributed by atoms with Gasteiger partial charge in [-0.15, -0.1) is 0 Å². The Morgan fingerprint density at radius 1 is 0.885 bits per heavy atom. The van der Waals surface area contributed by atoms with Gasteiger partial charge in [0.05, 0.1) is 4.92 Å². The molecule has 0 amide bonds. The molecule has 0 aliphatic carbocycles. The first kappa shape index (κ1) is 19.5. The van der Waals surface area contributed by atoms with E-state index in [1.54, 1.807) is 0 Å². The number of nitro groups is 1. The van der Waals surface area contributed by atoms with Crippen molar-refractivity contribution in [2.75, 3.05) is 5.73 Å². The molecule has 0 aromatic heterocycles. The summed E-state index contributed by atoms with van der Waals surface area (Å²) < 4.78 is 64.3. The molecule has 0 fully saturated rings. The van der Waals surface area contributed by atoms with Crippen molar-refractivity contribution in [3.63, 3.8) is 0 Å². The highest BCUT2D eigenvalue weighted by Gasteiger charge is 2.19. The van der Waals surface area contributed by atoms with Gasteiger partial charge in [-0.05, 0) is 29.3 Å². The highest BCUT2D eigenvalue weighted by atomic mass is 32.2. The Hall–Kier alpha value is -2.80. The molecule has 138 valence electrons. The zero-order chi connectivity index (χ0) is 19.7. The molecular formula is C14H12N2O8S2. The molecule has 0 aliphatic rings. The van der Waals surface area contributed by atoms with Gasteiger partial charge < -0.3 is 5.73 Å². The van der Waals surface area contributed by atoms with Crippen LogP contribution in [-0.4, -0.2) is 30.9 Å². The molecule has 0 unspecified atom stereocenters. The van der Waals surface area contributed by atoms with Gasteiger partial charge in [0.1, 0.15) is 9.79 Å². The molecule has 2 rings (SSSR count). The number of hydrogen-bond donors (Lipinski definition) is 3. The van der Waals surface area contributed by atoms with Crippen molar-refractivity contribution in [1.29, 1.82) is 0 Å². The summed E-state index contributed by atoms with van der Waals surface area (Å²) in [5.41, 5.74) is 4.86. The molecule has 0 radical (unpaired) electrons. The summed E-state index contributed by atoms with van der Waals surface area (Å²) in [7, 11) is -9.39. The molecule has 12 heteroatoms. The Labute approximate surface area is 148 Å². The molecule has 10 nitrogen and oxygen atoms in total. The van der Waals surface area contributed by atoms with Crippen LogP contribution >= 0.6 is 0 Å². The standard InChI is InChI=1S/C14H12N2O8S2/c15-11-5-3-9(13(7-11)25(19,20)21)1-2-10-4-6-12(16(17)18)8-14(10)26(22,23)24/h1-8H,15H2,(H,19,20,21)(H,22,23,24). The maximum absolute atomic E-state index is 11.5. The van der Waals surface area contributed by atoms with Gasteiger partial charge in [-0.1, -0.05) is 18.2 Å². The first-order chi connectivity index (χ1) is 11.9. The van der Waals surface area contributed by atoms with E-state index in [9.17, 15) is 36.1 Å². The van der Waals surface area contributed by atoms with Crippen LogP contribution in [0.3, 0.4) is 0 Å². The van der Waals surface area contributed by atoms with Crippen molar-refractivity contribution >= 4 is 43.8 Å². The minimum Gasteiger partial charge on any atom is -0.399 e. The maximum atomic E-state index is 11.5. The predicted molar refractivity (Wildman–Crippen MR) is 92.5 cm³/mol. The molecule has 2 aromatic carbocycles. The Morgan fingerprint density at radius 3 is 1.81 bits per heavy atom. The summed E-state index contributed by atoms with van der Waals surface area (Å²) in [5.74, 6) is 0. The number of benzene rings is 2. The molecule has 0 bridgehead atoms. The molecule has 0 saturated heterocycles. The summed E-state index contributed by atoms with van der Waals surface area (Å²) in [4.78, 5) is 8.69. The Balaban J connectivity index is 2.61. The van der Waals surface area contributed by atoms with Crippen LogP contribution < -0.4 is 5.73 Å². The Morgan fingerprint density at radius 2 is 1.35 bits per heavy atom. The molecule has 0 heterocycles. The third-order valence-corrected chi connectivity index (χ3v) is 5.06. The van der Waals surface area contributed by atoms with Crippen molar-refractivity contribution in [2.24, 2.45) is 0 Å². The van der Waals surface area contributed by atoms with Gasteiger partial charge in [-0.25, -0.2) is 0 Å². The monoisotopic (exact) mass is 400 g/mol. The second-order valence-electron chi connectivity index (χ2n) is 5.06. The van der Waals surface area contributed by atoms with Gasteiger partial charge in [0.2, 0.25) is 0 Å². The van der Waals surface area contributed by atoms with Gasteiger partial charge in [-0.3, -0.25) is 19.2 Å². The van der Waals surface area contributed by atoms with Crippen molar-refractivity contribution in [3.8, 4) is 0 Å². The molecular weight excluding hydrogens is 388 g/mol. The van der Waals surface area contributed by atoms with E-state index in [1.165, 1.54) is 12.1 Å². The fourth-order valence-electron chi connectivity index (χ4n) is 2.09. The number of nitrogens with zero attached hydrogens (tertiary/aromatic N) is 1. The second-order valence-corrected chi connectivity index (χ2v) is 7.84. The summed E-state index contributed by atoms with van der Waals surface area (Å²) in [6.45, 7) is 0. The molecule has 2 aromatic rings. The second kappa shape index (κ2) is 6.84. The zero-order valence-electron chi connectivity index (χ0n) is 12.8. The Kier molecular flexibility index (Phi) is 5.13. The van der Waals surface area contributed by atoms with Crippen LogP contribution in [0.1, 0.15) is 11.1 Å². The summed E-state index contributed by atoms with van der Waals surface area (Å²) >= 11 is 0. The molecule has 0 spiro atoms. The number of nitrogens with two attached hydrogens (primary N) is 1. The van der Waals surface area contributed by atoms with Crippen molar-refractivity contribution < 1.29 is 30.9 Å². The fourth-order valence-corrected chi connectivity index (χ4v) is 3.51. The molecule has 26 heavy (non-hydrogen) atoms. The van der Waals surface area contributed by atoms with E-state index in [0.29, 0.717) is 6.07 Å². The first-order valence-electron chi connectivity index (χ1n) is 6.70. The quantitative estimate of drug-likeness (QED) is 0.222. The van der Waals surface area contributed by atoms with E-state index in [-0.39, 0.29) is 16.8 Å². The normalized spacial score (nSPS) is 12.4. The van der Waals surface area contributed by atoms with Crippen LogP contribution in [0.2, 0.25) is 0 Å². The van der Waals surface area contributed by atoms with E-state index in [1.807, 2.05) is 0 Å². The van der Waals surface area contributed by atoms with Crippen LogP contribution in [0.5, 0.6) is 0 Å². The van der Waals surface area contributed by atoms with E-state index in [0.717, 1.165) is 30.4 Å². The molecule has 0 aliphatic heterocycles. The van der Waals surface area contributed by atoms with Crippen molar-refractivity contribution in [3.05, 3.63) is 57.6 Å². The first-order valence-corrected chi connectivity index (χ1v) is 9.58. The molecule has 0 saturated carbocycles. The van der Waals surface area contributed by atoms with E-state index in [4.69, 9.17) is 5.73 Å². The minimum atomic E-state index is -4.78. The zero-order valence-corrected chi connectivity index (χ0v) is 14.4. The SMILES string of the molecule is Nc1ccc(C=Cc2ccc([N+](=O)[O-])cc2S(=O)(=O)O)c(S(=O)(=O)O)c1. The van der Waals surface area contributed by atoms with Crippen LogP contribution in [0, 0.1) is 10.1 Å². The van der Waals surface area contributed by atoms with Crippen molar-refractivity contribution in [1.82, 2.24) is 0 Å². The highest BCUT2D eigenvalue weighted by Crippen LogP contribution is 2.26. The molecule has 0 atom stereocenters. The third-order valence-electron chi connectivity index (χ3n) is 3.24. The van der Waals surface area contributed by atoms with Crippen LogP contribution in [0.15, 0.2) is 46.2 Å².